The first-order valence-corrected chi connectivity index (χ1v) is 12.4. The molecule has 2 N–H and O–H groups in total. The standard InChI is InChI=1S/C28H33FN4O2/c1-28(2,18-34)17-32-25-15-24-23(4-3-11-30)27(19-9-12-35-13-10-19)33(22-7-5-21(29)6-8-22)26(24)14-20(25)16-31-32/h5-8,14-16,18-19H,3-4,9-13,17,30H2,1-2H3. The molecule has 3 heterocycles. The summed E-state index contributed by atoms with van der Waals surface area (Å²) in [5, 5.41) is 6.80. The number of aromatic nitrogens is 3. The number of fused-ring (bicyclic) bond motifs is 2. The summed E-state index contributed by atoms with van der Waals surface area (Å²) in [6.45, 7) is 6.45. The summed E-state index contributed by atoms with van der Waals surface area (Å²) in [5.41, 5.74) is 11.1. The van der Waals surface area contributed by atoms with Crippen LogP contribution < -0.4 is 5.73 Å². The lowest BCUT2D eigenvalue weighted by Gasteiger charge is -2.25. The van der Waals surface area contributed by atoms with Crippen molar-refractivity contribution in [2.24, 2.45) is 11.1 Å². The lowest BCUT2D eigenvalue weighted by Crippen LogP contribution is -2.21. The topological polar surface area (TPSA) is 75.1 Å². The van der Waals surface area contributed by atoms with Gasteiger partial charge in [-0.15, -0.1) is 0 Å². The quantitative estimate of drug-likeness (QED) is 0.358. The van der Waals surface area contributed by atoms with Crippen molar-refractivity contribution in [1.29, 1.82) is 0 Å². The molecule has 1 aliphatic heterocycles. The molecule has 5 rings (SSSR count). The molecule has 6 nitrogen and oxygen atoms in total. The van der Waals surface area contributed by atoms with E-state index in [0.717, 1.165) is 67.3 Å². The summed E-state index contributed by atoms with van der Waals surface area (Å²) >= 11 is 0. The summed E-state index contributed by atoms with van der Waals surface area (Å²) in [4.78, 5) is 11.6. The molecule has 1 aliphatic rings. The molecule has 35 heavy (non-hydrogen) atoms. The van der Waals surface area contributed by atoms with E-state index in [1.165, 1.54) is 28.8 Å². The normalized spacial score (nSPS) is 15.3. The Morgan fingerprint density at radius 1 is 1.17 bits per heavy atom. The average Bonchev–Trinajstić information content (AvgIpc) is 3.40. The number of aryl methyl sites for hydroxylation is 1. The molecule has 2 aromatic heterocycles. The van der Waals surface area contributed by atoms with Gasteiger partial charge < -0.3 is 19.8 Å². The Bertz CT molecular complexity index is 1350. The maximum atomic E-state index is 13.8. The van der Waals surface area contributed by atoms with Crippen molar-refractivity contribution in [1.82, 2.24) is 14.3 Å². The highest BCUT2D eigenvalue weighted by Gasteiger charge is 2.28. The van der Waals surface area contributed by atoms with Crippen LogP contribution in [0.25, 0.3) is 27.5 Å². The van der Waals surface area contributed by atoms with Crippen molar-refractivity contribution in [3.05, 3.63) is 59.7 Å². The van der Waals surface area contributed by atoms with Crippen molar-refractivity contribution >= 4 is 28.1 Å². The molecule has 4 aromatic rings. The van der Waals surface area contributed by atoms with Gasteiger partial charge in [-0.2, -0.15) is 5.10 Å². The highest BCUT2D eigenvalue weighted by Crippen LogP contribution is 2.40. The maximum absolute atomic E-state index is 13.8. The van der Waals surface area contributed by atoms with Crippen LogP contribution in [0.2, 0.25) is 0 Å². The predicted molar refractivity (Wildman–Crippen MR) is 137 cm³/mol. The fourth-order valence-corrected chi connectivity index (χ4v) is 5.30. The zero-order chi connectivity index (χ0) is 24.6. The molecule has 184 valence electrons. The van der Waals surface area contributed by atoms with E-state index in [-0.39, 0.29) is 5.82 Å². The van der Waals surface area contributed by atoms with Gasteiger partial charge in [-0.3, -0.25) is 4.68 Å². The van der Waals surface area contributed by atoms with Crippen molar-refractivity contribution in [2.45, 2.75) is 52.0 Å². The number of aldehydes is 1. The largest absolute Gasteiger partial charge is 0.381 e. The molecule has 7 heteroatoms. The number of carbonyl (C=O) groups excluding carboxylic acids is 1. The first-order chi connectivity index (χ1) is 16.9. The molecule has 0 unspecified atom stereocenters. The Hall–Kier alpha value is -3.03. The highest BCUT2D eigenvalue weighted by molar-refractivity contribution is 5.99. The molecule has 0 aliphatic carbocycles. The molecule has 0 saturated carbocycles. The Labute approximate surface area is 204 Å². The van der Waals surface area contributed by atoms with E-state index in [0.29, 0.717) is 19.0 Å². The summed E-state index contributed by atoms with van der Waals surface area (Å²) in [6.07, 6.45) is 6.51. The van der Waals surface area contributed by atoms with Crippen molar-refractivity contribution in [3.63, 3.8) is 0 Å². The monoisotopic (exact) mass is 476 g/mol. The van der Waals surface area contributed by atoms with Gasteiger partial charge in [0.05, 0.1) is 23.8 Å². The summed E-state index contributed by atoms with van der Waals surface area (Å²) in [5.74, 6) is 0.102. The maximum Gasteiger partial charge on any atom is 0.127 e. The van der Waals surface area contributed by atoms with Crippen LogP contribution in [0.5, 0.6) is 0 Å². The number of carbonyl (C=O) groups is 1. The predicted octanol–water partition coefficient (Wildman–Crippen LogP) is 5.13. The zero-order valence-electron chi connectivity index (χ0n) is 20.5. The molecule has 2 aromatic carbocycles. The van der Waals surface area contributed by atoms with Crippen molar-refractivity contribution in [2.75, 3.05) is 19.8 Å². The number of nitrogens with zero attached hydrogens (tertiary/aromatic N) is 3. The smallest absolute Gasteiger partial charge is 0.127 e. The third-order valence-corrected chi connectivity index (χ3v) is 7.08. The summed E-state index contributed by atoms with van der Waals surface area (Å²) in [7, 11) is 0. The van der Waals surface area contributed by atoms with Crippen molar-refractivity contribution in [3.8, 4) is 5.69 Å². The van der Waals surface area contributed by atoms with E-state index in [1.807, 2.05) is 36.9 Å². The third kappa shape index (κ3) is 4.50. The van der Waals surface area contributed by atoms with Crippen LogP contribution >= 0.6 is 0 Å². The van der Waals surface area contributed by atoms with Gasteiger partial charge in [0.1, 0.15) is 12.1 Å². The van der Waals surface area contributed by atoms with Crippen LogP contribution in [0, 0.1) is 11.2 Å². The zero-order valence-corrected chi connectivity index (χ0v) is 20.5. The Kier molecular flexibility index (Phi) is 6.47. The number of ether oxygens (including phenoxy) is 1. The van der Waals surface area contributed by atoms with Gasteiger partial charge in [-0.05, 0) is 74.2 Å². The SMILES string of the molecule is CC(C)(C=O)Cn1ncc2cc3c(cc21)c(CCCN)c(C1CCOCC1)n3-c1ccc(F)cc1. The number of nitrogens with two attached hydrogens (primary N) is 1. The van der Waals surface area contributed by atoms with E-state index in [9.17, 15) is 9.18 Å². The first kappa shape index (κ1) is 23.7. The summed E-state index contributed by atoms with van der Waals surface area (Å²) < 4.78 is 23.8. The number of rotatable bonds is 8. The number of hydrogen-bond acceptors (Lipinski definition) is 4. The lowest BCUT2D eigenvalue weighted by molar-refractivity contribution is -0.115. The van der Waals surface area contributed by atoms with Crippen LogP contribution in [0.1, 0.15) is 50.3 Å². The highest BCUT2D eigenvalue weighted by atomic mass is 19.1. The second-order valence-corrected chi connectivity index (χ2v) is 10.3. The number of halogens is 1. The molecule has 0 spiro atoms. The Balaban J connectivity index is 1.79. The number of hydrogen-bond donors (Lipinski definition) is 1. The number of benzene rings is 2. The van der Waals surface area contributed by atoms with Gasteiger partial charge in [0.25, 0.3) is 0 Å². The molecule has 0 amide bonds. The molecular formula is C28H33FN4O2. The molecule has 1 saturated heterocycles. The fourth-order valence-electron chi connectivity index (χ4n) is 5.30. The molecule has 0 radical (unpaired) electrons. The van der Waals surface area contributed by atoms with Gasteiger partial charge in [0, 0.05) is 46.7 Å². The Morgan fingerprint density at radius 2 is 1.91 bits per heavy atom. The van der Waals surface area contributed by atoms with Crippen LogP contribution in [-0.4, -0.2) is 40.4 Å². The Morgan fingerprint density at radius 3 is 2.60 bits per heavy atom. The van der Waals surface area contributed by atoms with Crippen LogP contribution in [-0.2, 0) is 22.5 Å². The van der Waals surface area contributed by atoms with E-state index in [1.54, 1.807) is 0 Å². The minimum Gasteiger partial charge on any atom is -0.381 e. The van der Waals surface area contributed by atoms with Gasteiger partial charge in [-0.1, -0.05) is 13.8 Å². The van der Waals surface area contributed by atoms with E-state index in [4.69, 9.17) is 10.5 Å². The van der Waals surface area contributed by atoms with Crippen LogP contribution in [0.3, 0.4) is 0 Å². The van der Waals surface area contributed by atoms with Gasteiger partial charge in [0.2, 0.25) is 0 Å². The lowest BCUT2D eigenvalue weighted by atomic mass is 9.91. The molecule has 0 atom stereocenters. The van der Waals surface area contributed by atoms with Gasteiger partial charge >= 0.3 is 0 Å². The van der Waals surface area contributed by atoms with Gasteiger partial charge in [0.15, 0.2) is 0 Å². The van der Waals surface area contributed by atoms with Crippen LogP contribution in [0.4, 0.5) is 4.39 Å². The second-order valence-electron chi connectivity index (χ2n) is 10.3. The minimum absolute atomic E-state index is 0.248. The third-order valence-electron chi connectivity index (χ3n) is 7.08. The van der Waals surface area contributed by atoms with Crippen molar-refractivity contribution < 1.29 is 13.9 Å². The molecular weight excluding hydrogens is 443 g/mol. The molecule has 0 bridgehead atoms. The average molecular weight is 477 g/mol. The van der Waals surface area contributed by atoms with Crippen LogP contribution in [0.15, 0.2) is 42.6 Å². The van der Waals surface area contributed by atoms with E-state index < -0.39 is 5.41 Å². The second kappa shape index (κ2) is 9.55. The van der Waals surface area contributed by atoms with E-state index in [2.05, 4.69) is 21.8 Å². The minimum atomic E-state index is -0.510. The fraction of sp³-hybridized carbons (Fsp3) is 0.429. The van der Waals surface area contributed by atoms with Gasteiger partial charge in [-0.25, -0.2) is 4.39 Å². The van der Waals surface area contributed by atoms with E-state index >= 15 is 0 Å². The summed E-state index contributed by atoms with van der Waals surface area (Å²) in [6, 6.07) is 11.1. The first-order valence-electron chi connectivity index (χ1n) is 12.4. The molecule has 1 fully saturated rings.